The van der Waals surface area contributed by atoms with E-state index in [-0.39, 0.29) is 5.54 Å². The quantitative estimate of drug-likeness (QED) is 0.794. The van der Waals surface area contributed by atoms with Crippen molar-refractivity contribution in [1.29, 1.82) is 0 Å². The van der Waals surface area contributed by atoms with Gasteiger partial charge in [-0.3, -0.25) is 4.99 Å². The first-order valence-electron chi connectivity index (χ1n) is 7.48. The molecule has 0 radical (unpaired) electrons. The minimum Gasteiger partial charge on any atom is -0.383 e. The number of nitrogens with two attached hydrogens (primary N) is 1. The summed E-state index contributed by atoms with van der Waals surface area (Å²) >= 11 is 0. The normalized spacial score (nSPS) is 11.3. The van der Waals surface area contributed by atoms with Gasteiger partial charge in [0.2, 0.25) is 0 Å². The van der Waals surface area contributed by atoms with E-state index < -0.39 is 0 Å². The van der Waals surface area contributed by atoms with Crippen LogP contribution in [-0.4, -0.2) is 17.2 Å². The Balaban J connectivity index is 2.40. The summed E-state index contributed by atoms with van der Waals surface area (Å²) in [4.78, 5) is 8.38. The minimum absolute atomic E-state index is 0.0142. The van der Waals surface area contributed by atoms with E-state index in [1.54, 1.807) is 6.20 Å². The molecule has 0 aliphatic rings. The van der Waals surface area contributed by atoms with Crippen LogP contribution in [0.1, 0.15) is 32.8 Å². The van der Waals surface area contributed by atoms with E-state index in [2.05, 4.69) is 48.8 Å². The van der Waals surface area contributed by atoms with Crippen LogP contribution >= 0.6 is 0 Å². The summed E-state index contributed by atoms with van der Waals surface area (Å²) in [6.07, 6.45) is 2.81. The van der Waals surface area contributed by atoms with Crippen molar-refractivity contribution in [2.75, 3.05) is 11.1 Å². The highest BCUT2D eigenvalue weighted by molar-refractivity contribution is 5.77. The van der Waals surface area contributed by atoms with Crippen molar-refractivity contribution in [2.45, 2.75) is 39.7 Å². The maximum absolute atomic E-state index is 5.78. The summed E-state index contributed by atoms with van der Waals surface area (Å²) in [5, 5.41) is 3.52. The molecule has 4 nitrogen and oxygen atoms in total. The van der Waals surface area contributed by atoms with Crippen LogP contribution < -0.4 is 11.1 Å². The molecule has 3 N–H and O–H groups in total. The Kier molecular flexibility index (Phi) is 4.50. The first-order chi connectivity index (χ1) is 10.4. The fraction of sp³-hybridized carbons (Fsp3) is 0.333. The number of benzene rings is 1. The van der Waals surface area contributed by atoms with E-state index in [1.807, 2.05) is 25.1 Å². The van der Waals surface area contributed by atoms with Gasteiger partial charge in [0, 0.05) is 17.3 Å². The van der Waals surface area contributed by atoms with Gasteiger partial charge < -0.3 is 11.1 Å². The van der Waals surface area contributed by atoms with Crippen molar-refractivity contribution in [1.82, 2.24) is 4.98 Å². The largest absolute Gasteiger partial charge is 0.383 e. The maximum atomic E-state index is 5.78. The number of nitrogens with zero attached hydrogens (tertiary/aromatic N) is 2. The molecule has 0 saturated carbocycles. The van der Waals surface area contributed by atoms with Gasteiger partial charge in [-0.05, 0) is 63.2 Å². The highest BCUT2D eigenvalue weighted by Gasteiger charge is 2.16. The lowest BCUT2D eigenvalue weighted by Gasteiger charge is -2.27. The second kappa shape index (κ2) is 6.18. The van der Waals surface area contributed by atoms with Crippen molar-refractivity contribution in [2.24, 2.45) is 4.99 Å². The first-order valence-corrected chi connectivity index (χ1v) is 7.48. The van der Waals surface area contributed by atoms with Crippen LogP contribution in [0.4, 0.5) is 17.2 Å². The SMILES string of the molecule is C=Nc1cc(-c2cnc(N)c(C)c2)ccc1NC(C)(C)CC. The van der Waals surface area contributed by atoms with Gasteiger partial charge in [-0.25, -0.2) is 4.98 Å². The zero-order valence-corrected chi connectivity index (χ0v) is 13.8. The van der Waals surface area contributed by atoms with Crippen molar-refractivity contribution < 1.29 is 0 Å². The molecule has 4 heteroatoms. The van der Waals surface area contributed by atoms with Gasteiger partial charge in [0.15, 0.2) is 0 Å². The number of nitrogens with one attached hydrogen (secondary N) is 1. The van der Waals surface area contributed by atoms with E-state index in [0.29, 0.717) is 5.82 Å². The summed E-state index contributed by atoms with van der Waals surface area (Å²) in [5.41, 5.74) is 10.7. The molecular weight excluding hydrogens is 272 g/mol. The van der Waals surface area contributed by atoms with Crippen LogP contribution in [0, 0.1) is 6.92 Å². The van der Waals surface area contributed by atoms with Gasteiger partial charge in [-0.1, -0.05) is 13.0 Å². The third-order valence-corrected chi connectivity index (χ3v) is 3.98. The van der Waals surface area contributed by atoms with E-state index in [1.165, 1.54) is 0 Å². The molecule has 0 atom stereocenters. The Morgan fingerprint density at radius 1 is 1.27 bits per heavy atom. The molecule has 1 aromatic carbocycles. The smallest absolute Gasteiger partial charge is 0.126 e. The van der Waals surface area contributed by atoms with Crippen molar-refractivity contribution in [3.8, 4) is 11.1 Å². The third kappa shape index (κ3) is 3.45. The molecule has 2 aromatic rings. The molecule has 116 valence electrons. The number of pyridine rings is 1. The second-order valence-corrected chi connectivity index (χ2v) is 6.18. The summed E-state index contributed by atoms with van der Waals surface area (Å²) in [6, 6.07) is 8.17. The van der Waals surface area contributed by atoms with E-state index in [9.17, 15) is 0 Å². The van der Waals surface area contributed by atoms with Gasteiger partial charge >= 0.3 is 0 Å². The average molecular weight is 296 g/mol. The first kappa shape index (κ1) is 16.0. The fourth-order valence-corrected chi connectivity index (χ4v) is 2.14. The number of aromatic nitrogens is 1. The zero-order valence-electron chi connectivity index (χ0n) is 13.8. The topological polar surface area (TPSA) is 63.3 Å². The standard InChI is InChI=1S/C18H24N4/c1-6-18(3,4)22-15-8-7-13(10-16(15)20-5)14-9-12(2)17(19)21-11-14/h7-11,22H,5-6H2,1-4H3,(H2,19,21). The van der Waals surface area contributed by atoms with Crippen molar-refractivity contribution >= 4 is 23.9 Å². The highest BCUT2D eigenvalue weighted by atomic mass is 15.0. The minimum atomic E-state index is 0.0142. The van der Waals surface area contributed by atoms with Crippen LogP contribution in [0.25, 0.3) is 11.1 Å². The molecule has 1 aromatic heterocycles. The lowest BCUT2D eigenvalue weighted by atomic mass is 10.00. The summed E-state index contributed by atoms with van der Waals surface area (Å²) < 4.78 is 0. The van der Waals surface area contributed by atoms with Gasteiger partial charge in [0.1, 0.15) is 5.82 Å². The van der Waals surface area contributed by atoms with Gasteiger partial charge in [0.25, 0.3) is 0 Å². The molecule has 0 unspecified atom stereocenters. The number of rotatable bonds is 5. The molecule has 0 spiro atoms. The lowest BCUT2D eigenvalue weighted by molar-refractivity contribution is 0.547. The van der Waals surface area contributed by atoms with Gasteiger partial charge in [-0.15, -0.1) is 0 Å². The van der Waals surface area contributed by atoms with Crippen molar-refractivity contribution in [3.05, 3.63) is 36.0 Å². The molecule has 22 heavy (non-hydrogen) atoms. The predicted molar refractivity (Wildman–Crippen MR) is 96.0 cm³/mol. The van der Waals surface area contributed by atoms with E-state index >= 15 is 0 Å². The van der Waals surface area contributed by atoms with Crippen LogP contribution in [0.5, 0.6) is 0 Å². The third-order valence-electron chi connectivity index (χ3n) is 3.98. The number of aliphatic imine (C=N–C) groups is 1. The number of nitrogen functional groups attached to an aromatic ring is 1. The Hall–Kier alpha value is -2.36. The lowest BCUT2D eigenvalue weighted by Crippen LogP contribution is -2.29. The molecule has 0 aliphatic heterocycles. The van der Waals surface area contributed by atoms with E-state index in [4.69, 9.17) is 5.73 Å². The second-order valence-electron chi connectivity index (χ2n) is 6.18. The van der Waals surface area contributed by atoms with Crippen LogP contribution in [0.3, 0.4) is 0 Å². The zero-order chi connectivity index (χ0) is 16.3. The molecular formula is C18H24N4. The Morgan fingerprint density at radius 2 is 2.00 bits per heavy atom. The van der Waals surface area contributed by atoms with Gasteiger partial charge in [0.05, 0.1) is 11.4 Å². The van der Waals surface area contributed by atoms with Gasteiger partial charge in [-0.2, -0.15) is 0 Å². The Morgan fingerprint density at radius 3 is 2.59 bits per heavy atom. The van der Waals surface area contributed by atoms with Crippen LogP contribution in [0.15, 0.2) is 35.5 Å². The molecule has 0 saturated heterocycles. The van der Waals surface area contributed by atoms with Crippen molar-refractivity contribution in [3.63, 3.8) is 0 Å². The van der Waals surface area contributed by atoms with Crippen LogP contribution in [-0.2, 0) is 0 Å². The average Bonchev–Trinajstić information content (AvgIpc) is 2.50. The number of hydrogen-bond acceptors (Lipinski definition) is 4. The summed E-state index contributed by atoms with van der Waals surface area (Å²) in [6.45, 7) is 12.1. The number of aryl methyl sites for hydroxylation is 1. The molecule has 0 bridgehead atoms. The molecule has 0 fully saturated rings. The number of hydrogen-bond donors (Lipinski definition) is 2. The Bertz CT molecular complexity index is 689. The van der Waals surface area contributed by atoms with Crippen LogP contribution in [0.2, 0.25) is 0 Å². The summed E-state index contributed by atoms with van der Waals surface area (Å²) in [7, 11) is 0. The molecule has 0 aliphatic carbocycles. The number of anilines is 2. The fourth-order valence-electron chi connectivity index (χ4n) is 2.14. The maximum Gasteiger partial charge on any atom is 0.126 e. The Labute approximate surface area is 132 Å². The predicted octanol–water partition coefficient (Wildman–Crippen LogP) is 4.57. The molecule has 1 heterocycles. The molecule has 0 amide bonds. The molecule has 2 rings (SSSR count). The summed E-state index contributed by atoms with van der Waals surface area (Å²) in [5.74, 6) is 0.564. The van der Waals surface area contributed by atoms with E-state index in [0.717, 1.165) is 34.5 Å². The monoisotopic (exact) mass is 296 g/mol. The highest BCUT2D eigenvalue weighted by Crippen LogP contribution is 2.33.